The summed E-state index contributed by atoms with van der Waals surface area (Å²) < 4.78 is 4.90. The molecule has 0 bridgehead atoms. The van der Waals surface area contributed by atoms with Crippen LogP contribution in [0.4, 0.5) is 0 Å². The number of nitrogens with one attached hydrogen (secondary N) is 1. The molecule has 0 saturated heterocycles. The lowest BCUT2D eigenvalue weighted by Crippen LogP contribution is -2.05. The Labute approximate surface area is 333 Å². The number of para-hydroxylation sites is 1. The van der Waals surface area contributed by atoms with Gasteiger partial charge < -0.3 is 14.1 Å². The van der Waals surface area contributed by atoms with Crippen molar-refractivity contribution in [1.82, 2.24) is 14.1 Å². The summed E-state index contributed by atoms with van der Waals surface area (Å²) in [6, 6.07) is 54.7. The fourth-order valence-electron chi connectivity index (χ4n) is 9.49. The summed E-state index contributed by atoms with van der Waals surface area (Å²) in [6.07, 6.45) is 6.79. The summed E-state index contributed by atoms with van der Waals surface area (Å²) in [5.74, 6) is 0.984. The molecule has 10 aromatic rings. The minimum absolute atomic E-state index is 0.470. The molecule has 11 rings (SSSR count). The number of hydrogen-bond donors (Lipinski definition) is 1. The van der Waals surface area contributed by atoms with Crippen molar-refractivity contribution >= 4 is 60.6 Å². The number of fused-ring (bicyclic) bond motifs is 9. The minimum atomic E-state index is 0.470. The third-order valence-electron chi connectivity index (χ3n) is 12.5. The van der Waals surface area contributed by atoms with Gasteiger partial charge in [0.15, 0.2) is 0 Å². The van der Waals surface area contributed by atoms with Gasteiger partial charge in [0, 0.05) is 55.0 Å². The summed E-state index contributed by atoms with van der Waals surface area (Å²) in [4.78, 5) is 3.71. The SMILES string of the molecule is CCc1cccc(-n2c3c(c4cc(-c5ccc6[nH]c7ccc(-c8ccc9c(c8)c8ccccc8n9-c8cccc(C(C)C)c8)cc7c6c5)ccc42)CC(C)C=C3)c1. The second kappa shape index (κ2) is 13.0. The zero-order valence-corrected chi connectivity index (χ0v) is 33.0. The second-order valence-corrected chi connectivity index (χ2v) is 16.5. The third-order valence-corrected chi connectivity index (χ3v) is 12.5. The van der Waals surface area contributed by atoms with Gasteiger partial charge in [0.2, 0.25) is 0 Å². The quantitative estimate of drug-likeness (QED) is 0.176. The molecule has 1 aliphatic rings. The van der Waals surface area contributed by atoms with Crippen molar-refractivity contribution in [3.05, 3.63) is 174 Å². The second-order valence-electron chi connectivity index (χ2n) is 16.5. The highest BCUT2D eigenvalue weighted by molar-refractivity contribution is 6.12. The Morgan fingerprint density at radius 2 is 1.16 bits per heavy atom. The van der Waals surface area contributed by atoms with Crippen molar-refractivity contribution in [2.45, 2.75) is 46.5 Å². The van der Waals surface area contributed by atoms with Gasteiger partial charge in [-0.15, -0.1) is 0 Å². The maximum atomic E-state index is 3.71. The van der Waals surface area contributed by atoms with Crippen molar-refractivity contribution in [3.63, 3.8) is 0 Å². The number of hydrogen-bond acceptors (Lipinski definition) is 0. The van der Waals surface area contributed by atoms with Gasteiger partial charge in [-0.3, -0.25) is 0 Å². The third kappa shape index (κ3) is 5.40. The number of rotatable bonds is 6. The summed E-state index contributed by atoms with van der Waals surface area (Å²) in [5.41, 5.74) is 18.9. The standard InChI is InChI=1S/C54H45N3/c1-5-35-10-8-12-41(27-35)56-52-23-16-34(4)26-46(52)48-32-40(20-25-54(48)56)38-18-22-50-45(30-38)44-29-37(17-21-49(44)55-50)39-19-24-53-47(31-39)43-14-6-7-15-51(43)57(53)42-13-9-11-36(28-42)33(2)3/h6-25,27-34,55H,5,26H2,1-4H3. The molecule has 1 atom stereocenters. The first-order chi connectivity index (χ1) is 27.9. The molecule has 0 spiro atoms. The van der Waals surface area contributed by atoms with Gasteiger partial charge in [-0.2, -0.15) is 0 Å². The summed E-state index contributed by atoms with van der Waals surface area (Å²) in [7, 11) is 0. The van der Waals surface area contributed by atoms with Crippen LogP contribution in [0.25, 0.3) is 94.2 Å². The Bertz CT molecular complexity index is 3250. The van der Waals surface area contributed by atoms with Crippen LogP contribution in [0.1, 0.15) is 56.0 Å². The van der Waals surface area contributed by atoms with E-state index in [9.17, 15) is 0 Å². The van der Waals surface area contributed by atoms with E-state index in [0.29, 0.717) is 11.8 Å². The van der Waals surface area contributed by atoms with E-state index < -0.39 is 0 Å². The normalized spacial score (nSPS) is 14.2. The summed E-state index contributed by atoms with van der Waals surface area (Å²) >= 11 is 0. The molecular weight excluding hydrogens is 691 g/mol. The molecule has 1 unspecified atom stereocenters. The Morgan fingerprint density at radius 1 is 0.561 bits per heavy atom. The van der Waals surface area contributed by atoms with Crippen molar-refractivity contribution < 1.29 is 0 Å². The van der Waals surface area contributed by atoms with Gasteiger partial charge in [0.25, 0.3) is 0 Å². The van der Waals surface area contributed by atoms with E-state index in [-0.39, 0.29) is 0 Å². The van der Waals surface area contributed by atoms with Gasteiger partial charge in [0.1, 0.15) is 0 Å². The van der Waals surface area contributed by atoms with Crippen molar-refractivity contribution in [2.24, 2.45) is 5.92 Å². The molecule has 3 nitrogen and oxygen atoms in total. The van der Waals surface area contributed by atoms with Crippen LogP contribution in [-0.4, -0.2) is 14.1 Å². The topological polar surface area (TPSA) is 25.6 Å². The maximum Gasteiger partial charge on any atom is 0.0541 e. The van der Waals surface area contributed by atoms with Gasteiger partial charge in [-0.1, -0.05) is 101 Å². The van der Waals surface area contributed by atoms with Crippen molar-refractivity contribution in [2.75, 3.05) is 0 Å². The number of benzene rings is 7. The Kier molecular flexibility index (Phi) is 7.69. The van der Waals surface area contributed by atoms with Crippen LogP contribution in [0.15, 0.2) is 152 Å². The molecule has 0 radical (unpaired) electrons. The largest absolute Gasteiger partial charge is 0.355 e. The zero-order chi connectivity index (χ0) is 38.4. The van der Waals surface area contributed by atoms with Gasteiger partial charge in [0.05, 0.1) is 16.6 Å². The van der Waals surface area contributed by atoms with E-state index in [4.69, 9.17) is 0 Å². The molecule has 7 aromatic carbocycles. The Hall–Kier alpha value is -6.58. The zero-order valence-electron chi connectivity index (χ0n) is 33.0. The smallest absolute Gasteiger partial charge is 0.0541 e. The van der Waals surface area contributed by atoms with Crippen LogP contribution in [0.3, 0.4) is 0 Å². The molecular formula is C54H45N3. The number of aromatic nitrogens is 3. The van der Waals surface area contributed by atoms with Crippen LogP contribution < -0.4 is 0 Å². The molecule has 276 valence electrons. The fourth-order valence-corrected chi connectivity index (χ4v) is 9.49. The van der Waals surface area contributed by atoms with Crippen LogP contribution in [0, 0.1) is 5.92 Å². The van der Waals surface area contributed by atoms with Crippen LogP contribution >= 0.6 is 0 Å². The highest BCUT2D eigenvalue weighted by Gasteiger charge is 2.22. The molecule has 0 aliphatic heterocycles. The highest BCUT2D eigenvalue weighted by Crippen LogP contribution is 2.40. The molecule has 3 aromatic heterocycles. The average Bonchev–Trinajstić information content (AvgIpc) is 3.90. The van der Waals surface area contributed by atoms with Crippen LogP contribution in [-0.2, 0) is 12.8 Å². The number of aromatic amines is 1. The van der Waals surface area contributed by atoms with E-state index in [1.54, 1.807) is 0 Å². The first-order valence-electron chi connectivity index (χ1n) is 20.6. The van der Waals surface area contributed by atoms with Crippen molar-refractivity contribution in [1.29, 1.82) is 0 Å². The highest BCUT2D eigenvalue weighted by atomic mass is 15.0. The van der Waals surface area contributed by atoms with Gasteiger partial charge >= 0.3 is 0 Å². The average molecular weight is 736 g/mol. The summed E-state index contributed by atoms with van der Waals surface area (Å²) in [6.45, 7) is 9.08. The predicted molar refractivity (Wildman–Crippen MR) is 243 cm³/mol. The van der Waals surface area contributed by atoms with Gasteiger partial charge in [-0.05, 0) is 149 Å². The number of H-pyrrole nitrogens is 1. The first-order valence-corrected chi connectivity index (χ1v) is 20.6. The maximum absolute atomic E-state index is 3.71. The lowest BCUT2D eigenvalue weighted by atomic mass is 9.92. The van der Waals surface area contributed by atoms with Crippen LogP contribution in [0.2, 0.25) is 0 Å². The monoisotopic (exact) mass is 735 g/mol. The minimum Gasteiger partial charge on any atom is -0.355 e. The molecule has 3 heteroatoms. The molecule has 0 amide bonds. The number of aryl methyl sites for hydroxylation is 1. The lowest BCUT2D eigenvalue weighted by Gasteiger charge is -2.16. The van der Waals surface area contributed by atoms with Gasteiger partial charge in [-0.25, -0.2) is 0 Å². The summed E-state index contributed by atoms with van der Waals surface area (Å²) in [5, 5.41) is 6.40. The Balaban J connectivity index is 1.02. The number of nitrogens with zero attached hydrogens (tertiary/aromatic N) is 2. The van der Waals surface area contributed by atoms with E-state index >= 15 is 0 Å². The molecule has 3 heterocycles. The van der Waals surface area contributed by atoms with E-state index in [0.717, 1.165) is 23.9 Å². The molecule has 57 heavy (non-hydrogen) atoms. The van der Waals surface area contributed by atoms with Crippen LogP contribution in [0.5, 0.6) is 0 Å². The molecule has 0 saturated carbocycles. The lowest BCUT2D eigenvalue weighted by molar-refractivity contribution is 0.717. The molecule has 1 aliphatic carbocycles. The predicted octanol–water partition coefficient (Wildman–Crippen LogP) is 14.6. The molecule has 0 fully saturated rings. The first kappa shape index (κ1) is 33.7. The van der Waals surface area contributed by atoms with E-state index in [1.165, 1.54) is 99.5 Å². The van der Waals surface area contributed by atoms with E-state index in [2.05, 4.69) is 200 Å². The Morgan fingerprint density at radius 3 is 1.86 bits per heavy atom. The molecule has 1 N–H and O–H groups in total. The number of allylic oxidation sites excluding steroid dienone is 1. The fraction of sp³-hybridized carbons (Fsp3) is 0.148. The van der Waals surface area contributed by atoms with Crippen molar-refractivity contribution in [3.8, 4) is 33.6 Å². The van der Waals surface area contributed by atoms with E-state index in [1.807, 2.05) is 0 Å².